The van der Waals surface area contributed by atoms with Crippen molar-refractivity contribution < 1.29 is 33.4 Å². The van der Waals surface area contributed by atoms with Crippen LogP contribution in [0, 0.1) is 6.92 Å². The molecule has 0 unspecified atom stereocenters. The van der Waals surface area contributed by atoms with Crippen LogP contribution in [0.1, 0.15) is 68.5 Å². The fourth-order valence-corrected chi connectivity index (χ4v) is 5.94. The molecular weight excluding hydrogens is 772 g/mol. The number of methoxy groups -OCH3 is 2. The van der Waals surface area contributed by atoms with Crippen LogP contribution in [0.2, 0.25) is 0 Å². The predicted octanol–water partition coefficient (Wildman–Crippen LogP) is 7.29. The lowest BCUT2D eigenvalue weighted by Crippen LogP contribution is -2.30. The maximum atomic E-state index is 11.9. The number of ether oxygens (including phenoxy) is 3. The van der Waals surface area contributed by atoms with E-state index in [4.69, 9.17) is 15.3 Å². The number of carbonyl (C=O) groups excluding carboxylic acids is 4. The fourth-order valence-electron chi connectivity index (χ4n) is 5.18. The Bertz CT molecular complexity index is 2390. The third-order valence-corrected chi connectivity index (χ3v) is 8.70. The monoisotopic (exact) mass is 812 g/mol. The maximum Gasteiger partial charge on any atom is 0.435 e. The third kappa shape index (κ3) is 11.5. The van der Waals surface area contributed by atoms with Crippen molar-refractivity contribution in [2.75, 3.05) is 19.5 Å². The lowest BCUT2D eigenvalue weighted by Gasteiger charge is -2.19. The van der Waals surface area contributed by atoms with Gasteiger partial charge in [0.15, 0.2) is 0 Å². The van der Waals surface area contributed by atoms with E-state index in [0.29, 0.717) is 21.8 Å². The molecule has 4 N–H and O–H groups in total. The molecule has 0 saturated heterocycles. The molecule has 0 spiro atoms. The summed E-state index contributed by atoms with van der Waals surface area (Å²) in [4.78, 5) is 50.0. The molecule has 1 aliphatic rings. The van der Waals surface area contributed by atoms with Gasteiger partial charge in [0.05, 0.1) is 43.6 Å². The lowest BCUT2D eigenvalue weighted by molar-refractivity contribution is 0.0520. The molecule has 15 nitrogen and oxygen atoms in total. The number of aromatic nitrogens is 4. The van der Waals surface area contributed by atoms with Gasteiger partial charge in [-0.2, -0.15) is 9.78 Å². The van der Waals surface area contributed by atoms with E-state index in [9.17, 15) is 19.2 Å². The number of benzene rings is 4. The van der Waals surface area contributed by atoms with E-state index in [1.165, 1.54) is 41.9 Å². The Hall–Kier alpha value is -6.49. The number of hydrogen-bond acceptors (Lipinski definition) is 14. The average Bonchev–Trinajstić information content (AvgIpc) is 3.97. The molecular formula is C40H41ClN8O7S. The van der Waals surface area contributed by atoms with E-state index in [0.717, 1.165) is 44.8 Å². The lowest BCUT2D eigenvalue weighted by atomic mass is 10.1. The number of aliphatic imine (C=N–C) groups is 1. The zero-order valence-electron chi connectivity index (χ0n) is 31.9. The van der Waals surface area contributed by atoms with Gasteiger partial charge in [-0.05, 0) is 93.4 Å². The first-order chi connectivity index (χ1) is 26.8. The first-order valence-corrected chi connectivity index (χ1v) is 17.9. The number of hydrogen-bond donors (Lipinski definition) is 3. The Morgan fingerprint density at radius 2 is 1.53 bits per heavy atom. The Morgan fingerprint density at radius 3 is 2.21 bits per heavy atom. The van der Waals surface area contributed by atoms with Crippen LogP contribution < -0.4 is 16.6 Å². The van der Waals surface area contributed by atoms with Crippen molar-refractivity contribution in [3.63, 3.8) is 0 Å². The number of aryl methyl sites for hydroxylation is 1. The standard InChI is InChI=1S/C18H14N4O2S.C13H16N2O2.C9H10N2O3.ClH/c1-24-17(23)12-4-2-3-11(7-12)16-21-22-18(25-16)20-15-6-5-13-9-19-10-14(13)8-15;1-9-5-6-11-10(7-9)8-14-15(11)12(16)17-13(2,3)4;1-14-9(13)7-4-2-3-6(5-7)8(12)11-10;/h2-8,10H,9H2,1H3,(H,20,22);5-8H,1-4H3;2-5H,10H2,1H3,(H,11,12);1H. The van der Waals surface area contributed by atoms with E-state index < -0.39 is 23.6 Å². The number of hydrazine groups is 1. The number of amides is 1. The summed E-state index contributed by atoms with van der Waals surface area (Å²) >= 11 is 1.42. The summed E-state index contributed by atoms with van der Waals surface area (Å²) < 4.78 is 15.8. The highest BCUT2D eigenvalue weighted by molar-refractivity contribution is 7.18. The summed E-state index contributed by atoms with van der Waals surface area (Å²) in [6, 6.07) is 25.2. The molecule has 7 rings (SSSR count). The van der Waals surface area contributed by atoms with Gasteiger partial charge in [-0.3, -0.25) is 15.2 Å². The molecule has 1 aliphatic heterocycles. The van der Waals surface area contributed by atoms with Crippen molar-refractivity contribution in [3.05, 3.63) is 125 Å². The Kier molecular flexibility index (Phi) is 14.7. The highest BCUT2D eigenvalue weighted by Crippen LogP contribution is 2.30. The van der Waals surface area contributed by atoms with Crippen LogP contribution in [0.4, 0.5) is 15.6 Å². The first-order valence-electron chi connectivity index (χ1n) is 17.1. The third-order valence-electron chi connectivity index (χ3n) is 7.81. The van der Waals surface area contributed by atoms with E-state index in [2.05, 4.69) is 36.4 Å². The van der Waals surface area contributed by atoms with Crippen molar-refractivity contribution in [1.29, 1.82) is 0 Å². The molecule has 0 atom stereocenters. The Labute approximate surface area is 338 Å². The number of carbonyl (C=O) groups is 4. The minimum absolute atomic E-state index is 0. The molecule has 4 aromatic carbocycles. The molecule has 296 valence electrons. The van der Waals surface area contributed by atoms with Crippen molar-refractivity contribution in [2.24, 2.45) is 10.8 Å². The van der Waals surface area contributed by atoms with E-state index in [-0.39, 0.29) is 18.4 Å². The second-order valence-electron chi connectivity index (χ2n) is 13.1. The number of rotatable bonds is 6. The van der Waals surface area contributed by atoms with Crippen LogP contribution in [0.5, 0.6) is 0 Å². The van der Waals surface area contributed by atoms with Gasteiger partial charge in [0, 0.05) is 28.4 Å². The van der Waals surface area contributed by atoms with E-state index >= 15 is 0 Å². The first kappa shape index (κ1) is 43.2. The van der Waals surface area contributed by atoms with E-state index in [1.807, 2.05) is 75.7 Å². The molecule has 2 aromatic heterocycles. The molecule has 17 heteroatoms. The summed E-state index contributed by atoms with van der Waals surface area (Å²) in [7, 11) is 2.64. The topological polar surface area (TPSA) is 202 Å². The predicted molar refractivity (Wildman–Crippen MR) is 220 cm³/mol. The Morgan fingerprint density at radius 1 is 0.842 bits per heavy atom. The number of halogens is 1. The normalized spacial score (nSPS) is 11.1. The number of nitrogen functional groups attached to an aromatic ring is 1. The number of fused-ring (bicyclic) bond motifs is 2. The summed E-state index contributed by atoms with van der Waals surface area (Å²) in [5, 5.41) is 18.1. The number of anilines is 2. The summed E-state index contributed by atoms with van der Waals surface area (Å²) in [5.41, 5.74) is 8.61. The fraction of sp³-hybridized carbons (Fsp3) is 0.200. The van der Waals surface area contributed by atoms with Crippen LogP contribution >= 0.6 is 23.7 Å². The second-order valence-corrected chi connectivity index (χ2v) is 14.1. The number of nitrogens with zero attached hydrogens (tertiary/aromatic N) is 5. The highest BCUT2D eigenvalue weighted by Gasteiger charge is 2.20. The molecule has 6 aromatic rings. The number of esters is 2. The molecule has 3 heterocycles. The zero-order chi connectivity index (χ0) is 40.4. The van der Waals surface area contributed by atoms with Crippen LogP contribution in [0.3, 0.4) is 0 Å². The largest absolute Gasteiger partial charge is 0.465 e. The number of nitrogens with one attached hydrogen (secondary N) is 2. The maximum absolute atomic E-state index is 11.9. The van der Waals surface area contributed by atoms with Crippen LogP contribution in [-0.2, 0) is 20.8 Å². The molecule has 0 bridgehead atoms. The van der Waals surface area contributed by atoms with Crippen molar-refractivity contribution in [3.8, 4) is 10.6 Å². The van der Waals surface area contributed by atoms with Gasteiger partial charge in [0.2, 0.25) is 5.13 Å². The van der Waals surface area contributed by atoms with Crippen molar-refractivity contribution in [2.45, 2.75) is 39.8 Å². The summed E-state index contributed by atoms with van der Waals surface area (Å²) in [6.07, 6.45) is 3.10. The van der Waals surface area contributed by atoms with Gasteiger partial charge in [0.1, 0.15) is 10.6 Å². The summed E-state index contributed by atoms with van der Waals surface area (Å²) in [5.74, 6) is 3.64. The van der Waals surface area contributed by atoms with Crippen molar-refractivity contribution in [1.82, 2.24) is 25.4 Å². The Balaban J connectivity index is 0.000000198. The van der Waals surface area contributed by atoms with Crippen LogP contribution in [0.25, 0.3) is 21.5 Å². The van der Waals surface area contributed by atoms with E-state index in [1.54, 1.807) is 42.6 Å². The minimum Gasteiger partial charge on any atom is -0.465 e. The molecule has 0 saturated carbocycles. The quantitative estimate of drug-likeness (QED) is 0.0499. The van der Waals surface area contributed by atoms with Crippen LogP contribution in [-0.4, -0.2) is 70.0 Å². The van der Waals surface area contributed by atoms with Crippen molar-refractivity contribution >= 4 is 75.6 Å². The molecule has 1 amide bonds. The number of nitrogens with two attached hydrogens (primary N) is 1. The van der Waals surface area contributed by atoms with Gasteiger partial charge >= 0.3 is 18.0 Å². The smallest absolute Gasteiger partial charge is 0.435 e. The van der Waals surface area contributed by atoms with Crippen LogP contribution in [0.15, 0.2) is 96.1 Å². The second kappa shape index (κ2) is 19.4. The van der Waals surface area contributed by atoms with Gasteiger partial charge < -0.3 is 19.5 Å². The summed E-state index contributed by atoms with van der Waals surface area (Å²) in [6.45, 7) is 8.25. The molecule has 0 fully saturated rings. The highest BCUT2D eigenvalue weighted by atomic mass is 35.5. The molecule has 0 radical (unpaired) electrons. The van der Waals surface area contributed by atoms with Gasteiger partial charge in [-0.25, -0.2) is 20.2 Å². The van der Waals surface area contributed by atoms with Gasteiger partial charge in [-0.15, -0.1) is 22.6 Å². The minimum atomic E-state index is -0.514. The van der Waals surface area contributed by atoms with Gasteiger partial charge in [0.25, 0.3) is 5.91 Å². The molecule has 0 aliphatic carbocycles. The van der Waals surface area contributed by atoms with Gasteiger partial charge in [-0.1, -0.05) is 47.2 Å². The molecule has 57 heavy (non-hydrogen) atoms. The zero-order valence-corrected chi connectivity index (χ0v) is 33.6. The average molecular weight is 813 g/mol. The SMILES string of the molecule is COC(=O)c1cccc(-c2nnc(Nc3ccc4c(c3)C=NC4)s2)c1.COC(=O)c1cccc(C(=O)NN)c1.Cc1ccc2c(cnn2C(=O)OC(C)(C)C)c1.Cl.